The van der Waals surface area contributed by atoms with Gasteiger partial charge in [0.25, 0.3) is 5.91 Å². The standard InChI is InChI=1S/C16H13N3O4/c1-23-9-6-7-12-11(8-9)14(16(22)17-12)18-19-15(21)10-4-2-3-5-13(10)20/h2-8,17,20,22H,1H3. The predicted octanol–water partition coefficient (Wildman–Crippen LogP) is 3.51. The largest absolute Gasteiger partial charge is 0.507 e. The number of nitrogens with zero attached hydrogens (tertiary/aromatic N) is 2. The molecule has 7 heteroatoms. The molecule has 0 unspecified atom stereocenters. The van der Waals surface area contributed by atoms with Crippen LogP contribution in [0.25, 0.3) is 10.9 Å². The number of H-pyrrole nitrogens is 1. The van der Waals surface area contributed by atoms with Gasteiger partial charge in [0.15, 0.2) is 5.69 Å². The number of para-hydroxylation sites is 1. The van der Waals surface area contributed by atoms with Gasteiger partial charge in [0.05, 0.1) is 18.2 Å². The molecule has 0 saturated carbocycles. The van der Waals surface area contributed by atoms with E-state index in [4.69, 9.17) is 4.74 Å². The highest BCUT2D eigenvalue weighted by Gasteiger charge is 2.13. The average Bonchev–Trinajstić information content (AvgIpc) is 2.87. The Hall–Kier alpha value is -3.35. The summed E-state index contributed by atoms with van der Waals surface area (Å²) in [6.07, 6.45) is 0. The van der Waals surface area contributed by atoms with E-state index >= 15 is 0 Å². The zero-order chi connectivity index (χ0) is 16.4. The van der Waals surface area contributed by atoms with Gasteiger partial charge in [0.1, 0.15) is 11.5 Å². The highest BCUT2D eigenvalue weighted by molar-refractivity contribution is 5.98. The van der Waals surface area contributed by atoms with Gasteiger partial charge in [-0.15, -0.1) is 10.2 Å². The number of fused-ring (bicyclic) bond motifs is 1. The molecule has 1 aromatic heterocycles. The molecular weight excluding hydrogens is 298 g/mol. The van der Waals surface area contributed by atoms with Gasteiger partial charge < -0.3 is 19.9 Å². The minimum absolute atomic E-state index is 0.0353. The molecule has 2 aromatic carbocycles. The van der Waals surface area contributed by atoms with Crippen LogP contribution in [0.3, 0.4) is 0 Å². The van der Waals surface area contributed by atoms with Crippen molar-refractivity contribution < 1.29 is 19.7 Å². The van der Waals surface area contributed by atoms with Crippen LogP contribution < -0.4 is 4.74 Å². The van der Waals surface area contributed by atoms with Gasteiger partial charge in [0.2, 0.25) is 5.88 Å². The number of methoxy groups -OCH3 is 1. The number of amides is 1. The molecule has 0 aliphatic rings. The number of carbonyl (C=O) groups excluding carboxylic acids is 1. The first-order valence-corrected chi connectivity index (χ1v) is 6.73. The van der Waals surface area contributed by atoms with E-state index < -0.39 is 5.91 Å². The van der Waals surface area contributed by atoms with E-state index in [0.717, 1.165) is 0 Å². The van der Waals surface area contributed by atoms with E-state index in [1.165, 1.54) is 19.2 Å². The molecule has 116 valence electrons. The third kappa shape index (κ3) is 2.71. The van der Waals surface area contributed by atoms with Gasteiger partial charge in [-0.3, -0.25) is 4.79 Å². The van der Waals surface area contributed by atoms with Crippen LogP contribution in [0.5, 0.6) is 17.4 Å². The second-order valence-electron chi connectivity index (χ2n) is 4.76. The third-order valence-corrected chi connectivity index (χ3v) is 3.33. The number of carbonyl (C=O) groups is 1. The number of hydrogen-bond acceptors (Lipinski definition) is 5. The smallest absolute Gasteiger partial charge is 0.299 e. The number of aromatic hydroxyl groups is 2. The number of aromatic amines is 1. The Morgan fingerprint density at radius 1 is 1.17 bits per heavy atom. The normalized spacial score (nSPS) is 11.2. The fourth-order valence-corrected chi connectivity index (χ4v) is 2.17. The van der Waals surface area contributed by atoms with E-state index in [2.05, 4.69) is 15.2 Å². The Kier molecular flexibility index (Phi) is 3.68. The lowest BCUT2D eigenvalue weighted by Crippen LogP contribution is -1.93. The Balaban J connectivity index is 1.99. The van der Waals surface area contributed by atoms with E-state index in [1.807, 2.05) is 0 Å². The van der Waals surface area contributed by atoms with Crippen LogP contribution in [-0.2, 0) is 0 Å². The molecule has 0 aliphatic carbocycles. The monoisotopic (exact) mass is 311 g/mol. The van der Waals surface area contributed by atoms with Crippen molar-refractivity contribution in [2.45, 2.75) is 0 Å². The van der Waals surface area contributed by atoms with Crippen molar-refractivity contribution in [3.05, 3.63) is 48.0 Å². The lowest BCUT2D eigenvalue weighted by Gasteiger charge is -1.99. The van der Waals surface area contributed by atoms with E-state index in [9.17, 15) is 15.0 Å². The lowest BCUT2D eigenvalue weighted by molar-refractivity contribution is 0.0992. The van der Waals surface area contributed by atoms with Gasteiger partial charge >= 0.3 is 0 Å². The molecule has 3 N–H and O–H groups in total. The van der Waals surface area contributed by atoms with Crippen LogP contribution in [0.1, 0.15) is 10.4 Å². The number of azo groups is 1. The number of rotatable bonds is 3. The highest BCUT2D eigenvalue weighted by Crippen LogP contribution is 2.37. The molecule has 0 radical (unpaired) electrons. The molecule has 1 amide bonds. The molecule has 0 saturated heterocycles. The maximum atomic E-state index is 12.0. The Labute approximate surface area is 130 Å². The summed E-state index contributed by atoms with van der Waals surface area (Å²) in [5, 5.41) is 27.5. The quantitative estimate of drug-likeness (QED) is 0.643. The number of phenols is 1. The predicted molar refractivity (Wildman–Crippen MR) is 83.5 cm³/mol. The summed E-state index contributed by atoms with van der Waals surface area (Å²) >= 11 is 0. The van der Waals surface area contributed by atoms with Crippen molar-refractivity contribution in [3.8, 4) is 17.4 Å². The van der Waals surface area contributed by atoms with Gasteiger partial charge in [-0.1, -0.05) is 12.1 Å². The number of ether oxygens (including phenoxy) is 1. The first-order chi connectivity index (χ1) is 11.1. The van der Waals surface area contributed by atoms with Crippen LogP contribution in [0, 0.1) is 0 Å². The van der Waals surface area contributed by atoms with E-state index in [0.29, 0.717) is 16.7 Å². The van der Waals surface area contributed by atoms with E-state index in [-0.39, 0.29) is 22.9 Å². The van der Waals surface area contributed by atoms with Gasteiger partial charge in [-0.25, -0.2) is 0 Å². The van der Waals surface area contributed by atoms with Crippen LogP contribution in [-0.4, -0.2) is 28.2 Å². The molecule has 3 rings (SSSR count). The van der Waals surface area contributed by atoms with Gasteiger partial charge in [0, 0.05) is 5.39 Å². The molecule has 3 aromatic rings. The van der Waals surface area contributed by atoms with Crippen molar-refractivity contribution in [1.82, 2.24) is 4.98 Å². The Morgan fingerprint density at radius 2 is 1.96 bits per heavy atom. The molecule has 0 fully saturated rings. The lowest BCUT2D eigenvalue weighted by atomic mass is 10.2. The minimum atomic E-state index is -0.709. The zero-order valence-electron chi connectivity index (χ0n) is 12.1. The number of benzene rings is 2. The first kappa shape index (κ1) is 14.6. The Bertz CT molecular complexity index is 915. The summed E-state index contributed by atoms with van der Waals surface area (Å²) in [5.74, 6) is -0.511. The summed E-state index contributed by atoms with van der Waals surface area (Å²) in [5.41, 5.74) is 0.795. The van der Waals surface area contributed by atoms with Gasteiger partial charge in [-0.05, 0) is 30.3 Å². The maximum Gasteiger partial charge on any atom is 0.299 e. The summed E-state index contributed by atoms with van der Waals surface area (Å²) in [7, 11) is 1.52. The van der Waals surface area contributed by atoms with E-state index in [1.54, 1.807) is 30.3 Å². The molecule has 0 atom stereocenters. The Morgan fingerprint density at radius 3 is 2.70 bits per heavy atom. The number of nitrogens with one attached hydrogen (secondary N) is 1. The molecular formula is C16H13N3O4. The third-order valence-electron chi connectivity index (χ3n) is 3.33. The zero-order valence-corrected chi connectivity index (χ0v) is 12.1. The summed E-state index contributed by atoms with van der Waals surface area (Å²) < 4.78 is 5.13. The highest BCUT2D eigenvalue weighted by atomic mass is 16.5. The average molecular weight is 311 g/mol. The maximum absolute atomic E-state index is 12.0. The minimum Gasteiger partial charge on any atom is -0.507 e. The van der Waals surface area contributed by atoms with Crippen molar-refractivity contribution in [1.29, 1.82) is 0 Å². The molecule has 23 heavy (non-hydrogen) atoms. The second kappa shape index (κ2) is 5.80. The van der Waals surface area contributed by atoms with Crippen LogP contribution in [0.2, 0.25) is 0 Å². The molecule has 7 nitrogen and oxygen atoms in total. The second-order valence-corrected chi connectivity index (χ2v) is 4.76. The number of aromatic nitrogens is 1. The fourth-order valence-electron chi connectivity index (χ4n) is 2.17. The first-order valence-electron chi connectivity index (χ1n) is 6.73. The SMILES string of the molecule is COc1ccc2[nH]c(O)c(N=NC(=O)c3ccccc3O)c2c1. The van der Waals surface area contributed by atoms with Crippen LogP contribution in [0.4, 0.5) is 5.69 Å². The van der Waals surface area contributed by atoms with Crippen molar-refractivity contribution >= 4 is 22.5 Å². The van der Waals surface area contributed by atoms with Crippen LogP contribution >= 0.6 is 0 Å². The van der Waals surface area contributed by atoms with Crippen molar-refractivity contribution in [3.63, 3.8) is 0 Å². The van der Waals surface area contributed by atoms with Gasteiger partial charge in [-0.2, -0.15) is 0 Å². The van der Waals surface area contributed by atoms with Crippen molar-refractivity contribution in [2.24, 2.45) is 10.2 Å². The number of hydrogen-bond donors (Lipinski definition) is 3. The molecule has 0 aliphatic heterocycles. The van der Waals surface area contributed by atoms with Crippen LogP contribution in [0.15, 0.2) is 52.7 Å². The molecule has 1 heterocycles. The summed E-state index contributed by atoms with van der Waals surface area (Å²) in [6.45, 7) is 0. The molecule has 0 spiro atoms. The number of phenolic OH excluding ortho intramolecular Hbond substituents is 1. The molecule has 0 bridgehead atoms. The summed E-state index contributed by atoms with van der Waals surface area (Å²) in [4.78, 5) is 14.7. The van der Waals surface area contributed by atoms with Crippen molar-refractivity contribution in [2.75, 3.05) is 7.11 Å². The topological polar surface area (TPSA) is 107 Å². The fraction of sp³-hybridized carbons (Fsp3) is 0.0625. The summed E-state index contributed by atoms with van der Waals surface area (Å²) in [6, 6.07) is 11.2.